The van der Waals surface area contributed by atoms with Gasteiger partial charge in [-0.15, -0.1) is 0 Å². The second kappa shape index (κ2) is 8.33. The fourth-order valence-electron chi connectivity index (χ4n) is 3.38. The molecule has 6 nitrogen and oxygen atoms in total. The van der Waals surface area contributed by atoms with Gasteiger partial charge in [-0.25, -0.2) is 9.97 Å². The number of fused-ring (bicyclic) bond motifs is 1. The van der Waals surface area contributed by atoms with Crippen LogP contribution >= 0.6 is 0 Å². The smallest absolute Gasteiger partial charge is 0.161 e. The van der Waals surface area contributed by atoms with Gasteiger partial charge in [-0.1, -0.05) is 30.3 Å². The topological polar surface area (TPSA) is 83.2 Å². The maximum Gasteiger partial charge on any atom is 0.161 e. The molecule has 6 heteroatoms. The normalized spacial score (nSPS) is 14.6. The van der Waals surface area contributed by atoms with Gasteiger partial charge in [0.15, 0.2) is 5.82 Å². The summed E-state index contributed by atoms with van der Waals surface area (Å²) >= 11 is 0. The summed E-state index contributed by atoms with van der Waals surface area (Å²) < 4.78 is 5.41. The minimum atomic E-state index is 0.0589. The maximum absolute atomic E-state index is 9.75. The highest BCUT2D eigenvalue weighted by Gasteiger charge is 2.19. The number of rotatable bonds is 7. The van der Waals surface area contributed by atoms with Crippen molar-refractivity contribution in [3.05, 3.63) is 65.7 Å². The van der Waals surface area contributed by atoms with E-state index in [9.17, 15) is 5.11 Å². The monoisotopic (exact) mass is 364 g/mol. The number of furan rings is 1. The zero-order chi connectivity index (χ0) is 18.5. The van der Waals surface area contributed by atoms with Crippen LogP contribution in [0.3, 0.4) is 0 Å². The lowest BCUT2D eigenvalue weighted by Gasteiger charge is -2.22. The van der Waals surface area contributed by atoms with Gasteiger partial charge in [0, 0.05) is 43.2 Å². The molecule has 0 fully saturated rings. The average molecular weight is 364 g/mol. The molecular formula is C21H24N4O2. The third kappa shape index (κ3) is 4.18. The molecular weight excluding hydrogens is 340 g/mol. The molecule has 2 aromatic heterocycles. The van der Waals surface area contributed by atoms with E-state index in [1.807, 2.05) is 42.5 Å². The van der Waals surface area contributed by atoms with Gasteiger partial charge in [0.05, 0.1) is 12.0 Å². The second-order valence-electron chi connectivity index (χ2n) is 6.83. The lowest BCUT2D eigenvalue weighted by atomic mass is 10.0. The van der Waals surface area contributed by atoms with Crippen LogP contribution in [-0.4, -0.2) is 34.8 Å². The van der Waals surface area contributed by atoms with Crippen LogP contribution < -0.4 is 10.6 Å². The Hall–Kier alpha value is -2.70. The molecule has 27 heavy (non-hydrogen) atoms. The predicted octanol–water partition coefficient (Wildman–Crippen LogP) is 2.65. The first-order valence-corrected chi connectivity index (χ1v) is 9.36. The maximum atomic E-state index is 9.75. The van der Waals surface area contributed by atoms with E-state index in [2.05, 4.69) is 10.6 Å². The number of nitrogens with one attached hydrogen (secondary N) is 2. The highest BCUT2D eigenvalue weighted by Crippen LogP contribution is 2.25. The minimum Gasteiger partial charge on any atom is -0.469 e. The summed E-state index contributed by atoms with van der Waals surface area (Å²) in [4.78, 5) is 9.58. The summed E-state index contributed by atoms with van der Waals surface area (Å²) in [7, 11) is 0. The van der Waals surface area contributed by atoms with Crippen LogP contribution in [0.15, 0.2) is 53.1 Å². The summed E-state index contributed by atoms with van der Waals surface area (Å²) in [5.41, 5.74) is 3.22. The first kappa shape index (κ1) is 17.7. The van der Waals surface area contributed by atoms with E-state index in [-0.39, 0.29) is 12.5 Å². The fraction of sp³-hybridized carbons (Fsp3) is 0.333. The number of anilines is 1. The van der Waals surface area contributed by atoms with Gasteiger partial charge in [-0.05, 0) is 25.1 Å². The summed E-state index contributed by atoms with van der Waals surface area (Å²) in [5.74, 6) is 2.55. The molecule has 0 unspecified atom stereocenters. The van der Waals surface area contributed by atoms with Crippen molar-refractivity contribution >= 4 is 5.82 Å². The zero-order valence-corrected chi connectivity index (χ0v) is 15.2. The Kier molecular flexibility index (Phi) is 5.46. The van der Waals surface area contributed by atoms with Crippen molar-refractivity contribution < 1.29 is 9.52 Å². The molecule has 0 bridgehead atoms. The predicted molar refractivity (Wildman–Crippen MR) is 104 cm³/mol. The van der Waals surface area contributed by atoms with Crippen LogP contribution in [0.4, 0.5) is 5.82 Å². The Morgan fingerprint density at radius 3 is 2.81 bits per heavy atom. The Bertz CT molecular complexity index is 865. The van der Waals surface area contributed by atoms with Crippen LogP contribution in [0, 0.1) is 5.92 Å². The van der Waals surface area contributed by atoms with Crippen molar-refractivity contribution in [3.63, 3.8) is 0 Å². The summed E-state index contributed by atoms with van der Waals surface area (Å²) in [6.07, 6.45) is 3.25. The molecule has 3 N–H and O–H groups in total. The number of hydrogen-bond acceptors (Lipinski definition) is 6. The SMILES string of the molecule is OC[C@@H](CNc1nc(-c2ccccc2)nc2c1CCNC2)Cc1ccco1. The van der Waals surface area contributed by atoms with Gasteiger partial charge in [0.1, 0.15) is 11.6 Å². The standard InChI is InChI=1S/C21H24N4O2/c26-14-15(11-17-7-4-10-27-17)12-23-21-18-8-9-22-13-19(18)24-20(25-21)16-5-2-1-3-6-16/h1-7,10,15,22,26H,8-9,11-14H2,(H,23,24,25)/t15-/m1/s1. The van der Waals surface area contributed by atoms with E-state index in [1.165, 1.54) is 5.56 Å². The Morgan fingerprint density at radius 2 is 2.04 bits per heavy atom. The molecule has 0 aliphatic carbocycles. The molecule has 0 spiro atoms. The molecule has 140 valence electrons. The Balaban J connectivity index is 1.57. The quantitative estimate of drug-likeness (QED) is 0.598. The number of hydrogen-bond donors (Lipinski definition) is 3. The van der Waals surface area contributed by atoms with E-state index < -0.39 is 0 Å². The van der Waals surface area contributed by atoms with Gasteiger partial charge >= 0.3 is 0 Å². The second-order valence-corrected chi connectivity index (χ2v) is 6.83. The molecule has 1 aromatic carbocycles. The van der Waals surface area contributed by atoms with Crippen LogP contribution in [0.5, 0.6) is 0 Å². The van der Waals surface area contributed by atoms with Crippen LogP contribution in [0.1, 0.15) is 17.0 Å². The van der Waals surface area contributed by atoms with Crippen LogP contribution in [0.25, 0.3) is 11.4 Å². The molecule has 1 atom stereocenters. The number of aliphatic hydroxyl groups is 1. The number of nitrogens with zero attached hydrogens (tertiary/aromatic N) is 2. The van der Waals surface area contributed by atoms with Crippen LogP contribution in [0.2, 0.25) is 0 Å². The zero-order valence-electron chi connectivity index (χ0n) is 15.2. The molecule has 0 saturated carbocycles. The number of aliphatic hydroxyl groups excluding tert-OH is 1. The van der Waals surface area contributed by atoms with Crippen LogP contribution in [-0.2, 0) is 19.4 Å². The van der Waals surface area contributed by atoms with Crippen molar-refractivity contribution in [2.45, 2.75) is 19.4 Å². The van der Waals surface area contributed by atoms with E-state index >= 15 is 0 Å². The highest BCUT2D eigenvalue weighted by molar-refractivity contribution is 5.60. The Morgan fingerprint density at radius 1 is 1.15 bits per heavy atom. The Labute approximate surface area is 158 Å². The molecule has 4 rings (SSSR count). The summed E-state index contributed by atoms with van der Waals surface area (Å²) in [6, 6.07) is 13.8. The molecule has 0 radical (unpaired) electrons. The van der Waals surface area contributed by atoms with Gasteiger partial charge in [-0.2, -0.15) is 0 Å². The van der Waals surface area contributed by atoms with Crippen molar-refractivity contribution in [2.24, 2.45) is 5.92 Å². The van der Waals surface area contributed by atoms with E-state index in [0.717, 1.165) is 48.2 Å². The van der Waals surface area contributed by atoms with Gasteiger partial charge in [-0.3, -0.25) is 0 Å². The lowest BCUT2D eigenvalue weighted by Crippen LogP contribution is -2.28. The molecule has 1 aliphatic heterocycles. The van der Waals surface area contributed by atoms with Crippen molar-refractivity contribution in [2.75, 3.05) is 25.0 Å². The minimum absolute atomic E-state index is 0.0589. The number of aromatic nitrogens is 2. The van der Waals surface area contributed by atoms with Gasteiger partial charge in [0.2, 0.25) is 0 Å². The van der Waals surface area contributed by atoms with E-state index in [0.29, 0.717) is 13.0 Å². The summed E-state index contributed by atoms with van der Waals surface area (Å²) in [5, 5.41) is 16.6. The first-order valence-electron chi connectivity index (χ1n) is 9.36. The average Bonchev–Trinajstić information content (AvgIpc) is 3.24. The molecule has 1 aliphatic rings. The van der Waals surface area contributed by atoms with Crippen molar-refractivity contribution in [1.29, 1.82) is 0 Å². The van der Waals surface area contributed by atoms with E-state index in [1.54, 1.807) is 6.26 Å². The molecule has 3 heterocycles. The fourth-order valence-corrected chi connectivity index (χ4v) is 3.38. The lowest BCUT2D eigenvalue weighted by molar-refractivity contribution is 0.226. The van der Waals surface area contributed by atoms with E-state index in [4.69, 9.17) is 14.4 Å². The van der Waals surface area contributed by atoms with Crippen molar-refractivity contribution in [1.82, 2.24) is 15.3 Å². The summed E-state index contributed by atoms with van der Waals surface area (Å²) in [6.45, 7) is 2.39. The largest absolute Gasteiger partial charge is 0.469 e. The molecule has 0 amide bonds. The van der Waals surface area contributed by atoms with Gasteiger partial charge in [0.25, 0.3) is 0 Å². The molecule has 3 aromatic rings. The van der Waals surface area contributed by atoms with Gasteiger partial charge < -0.3 is 20.2 Å². The third-order valence-electron chi connectivity index (χ3n) is 4.86. The van der Waals surface area contributed by atoms with Crippen molar-refractivity contribution in [3.8, 4) is 11.4 Å². The highest BCUT2D eigenvalue weighted by atomic mass is 16.3. The first-order chi connectivity index (χ1) is 13.3. The third-order valence-corrected chi connectivity index (χ3v) is 4.86. The number of benzene rings is 1. The molecule has 0 saturated heterocycles.